The largest absolute Gasteiger partial charge is 0.513 e. The van der Waals surface area contributed by atoms with Crippen molar-refractivity contribution < 1.29 is 19.8 Å². The van der Waals surface area contributed by atoms with Crippen molar-refractivity contribution >= 4 is 39.9 Å². The van der Waals surface area contributed by atoms with E-state index in [4.69, 9.17) is 23.1 Å². The van der Waals surface area contributed by atoms with E-state index in [0.29, 0.717) is 28.8 Å². The number of carbonyl (C=O) groups is 2. The zero-order valence-corrected chi connectivity index (χ0v) is 21.5. The van der Waals surface area contributed by atoms with Crippen molar-refractivity contribution in [1.29, 1.82) is 0 Å². The summed E-state index contributed by atoms with van der Waals surface area (Å²) in [5, 5.41) is 19.2. The highest BCUT2D eigenvalue weighted by Gasteiger charge is 2.52. The van der Waals surface area contributed by atoms with Gasteiger partial charge in [0.25, 0.3) is 0 Å². The van der Waals surface area contributed by atoms with Crippen LogP contribution >= 0.6 is 24.0 Å². The smallest absolute Gasteiger partial charge is 0.155 e. The lowest BCUT2D eigenvalue weighted by Crippen LogP contribution is -2.51. The van der Waals surface area contributed by atoms with Gasteiger partial charge in [-0.05, 0) is 74.2 Å². The number of aliphatic hydroxyl groups excluding tert-OH is 2. The zero-order chi connectivity index (χ0) is 24.3. The van der Waals surface area contributed by atoms with Gasteiger partial charge in [0.05, 0.1) is 17.6 Å². The molecule has 0 bridgehead atoms. The maximum Gasteiger partial charge on any atom is 0.155 e. The van der Waals surface area contributed by atoms with Gasteiger partial charge in [-0.25, -0.2) is 0 Å². The molecule has 0 saturated heterocycles. The third-order valence-electron chi connectivity index (χ3n) is 7.65. The highest BCUT2D eigenvalue weighted by atomic mass is 32.2. The van der Waals surface area contributed by atoms with E-state index in [1.807, 2.05) is 6.08 Å². The molecule has 180 valence electrons. The highest BCUT2D eigenvalue weighted by molar-refractivity contribution is 8.23. The molecule has 0 aromatic rings. The summed E-state index contributed by atoms with van der Waals surface area (Å²) < 4.78 is 0.309. The summed E-state index contributed by atoms with van der Waals surface area (Å²) in [6.07, 6.45) is 7.17. The Kier molecular flexibility index (Phi) is 9.16. The van der Waals surface area contributed by atoms with Crippen LogP contribution in [0, 0.1) is 28.6 Å². The van der Waals surface area contributed by atoms with Gasteiger partial charge in [-0.2, -0.15) is 0 Å². The van der Waals surface area contributed by atoms with Crippen molar-refractivity contribution in [3.63, 3.8) is 0 Å². The molecular formula is C25H39NO4S2. The van der Waals surface area contributed by atoms with Crippen LogP contribution in [0.25, 0.3) is 0 Å². The summed E-state index contributed by atoms with van der Waals surface area (Å²) in [5.74, 6) is 1.40. The lowest BCUT2D eigenvalue weighted by molar-refractivity contribution is -0.129. The number of allylic oxidation sites excluding steroid dienone is 3. The lowest BCUT2D eigenvalue weighted by Gasteiger charge is -2.54. The van der Waals surface area contributed by atoms with Crippen LogP contribution in [0.5, 0.6) is 0 Å². The van der Waals surface area contributed by atoms with Crippen molar-refractivity contribution in [3.8, 4) is 0 Å². The second kappa shape index (κ2) is 10.8. The first-order valence-electron chi connectivity index (χ1n) is 11.5. The SMILES string of the molecule is C=C(C)O.CC1(C)C[C@H](O)C2C(CCC3=CC(=O)CCC32C)CCC1C(=O)CSC(N)=S. The van der Waals surface area contributed by atoms with Crippen LogP contribution in [0.4, 0.5) is 0 Å². The number of Topliss-reactive ketones (excluding diaryl/α,β-unsaturated/α-hetero) is 1. The van der Waals surface area contributed by atoms with Crippen LogP contribution in [-0.2, 0) is 9.59 Å². The monoisotopic (exact) mass is 481 g/mol. The zero-order valence-electron chi connectivity index (χ0n) is 19.9. The number of ketones is 2. The number of hydrogen-bond donors (Lipinski definition) is 3. The van der Waals surface area contributed by atoms with E-state index in [0.717, 1.165) is 32.1 Å². The molecule has 0 radical (unpaired) electrons. The number of thiocarbonyl (C=S) groups is 1. The Morgan fingerprint density at radius 3 is 2.50 bits per heavy atom. The maximum atomic E-state index is 12.9. The van der Waals surface area contributed by atoms with Gasteiger partial charge < -0.3 is 15.9 Å². The minimum Gasteiger partial charge on any atom is -0.513 e. The second-order valence-corrected chi connectivity index (χ2v) is 12.3. The third kappa shape index (κ3) is 6.45. The summed E-state index contributed by atoms with van der Waals surface area (Å²) >= 11 is 6.15. The minimum absolute atomic E-state index is 0.0809. The molecule has 0 aliphatic heterocycles. The summed E-state index contributed by atoms with van der Waals surface area (Å²) in [6.45, 7) is 11.1. The number of rotatable bonds is 3. The van der Waals surface area contributed by atoms with E-state index >= 15 is 0 Å². The summed E-state index contributed by atoms with van der Waals surface area (Å²) in [6, 6.07) is 0. The highest BCUT2D eigenvalue weighted by Crippen LogP contribution is 2.57. The fraction of sp³-hybridized carbons (Fsp3) is 0.720. The average molecular weight is 482 g/mol. The first-order chi connectivity index (χ1) is 14.8. The van der Waals surface area contributed by atoms with Gasteiger partial charge in [0.1, 0.15) is 10.1 Å². The molecule has 4 unspecified atom stereocenters. The topological polar surface area (TPSA) is 101 Å². The fourth-order valence-electron chi connectivity index (χ4n) is 6.24. The van der Waals surface area contributed by atoms with Crippen LogP contribution in [-0.4, -0.2) is 38.0 Å². The van der Waals surface area contributed by atoms with Crippen LogP contribution in [0.2, 0.25) is 0 Å². The summed E-state index contributed by atoms with van der Waals surface area (Å²) in [5.41, 5.74) is 6.43. The molecule has 0 aromatic heterocycles. The minimum atomic E-state index is -0.458. The van der Waals surface area contributed by atoms with E-state index in [1.54, 1.807) is 0 Å². The van der Waals surface area contributed by atoms with Gasteiger partial charge in [0.15, 0.2) is 5.78 Å². The molecule has 0 heterocycles. The molecule has 3 aliphatic carbocycles. The maximum absolute atomic E-state index is 12.9. The van der Waals surface area contributed by atoms with Gasteiger partial charge >= 0.3 is 0 Å². The normalized spacial score (nSPS) is 33.8. The number of thioether (sulfide) groups is 1. The average Bonchev–Trinajstić information content (AvgIpc) is 2.64. The van der Waals surface area contributed by atoms with Gasteiger partial charge in [0, 0.05) is 12.3 Å². The van der Waals surface area contributed by atoms with Crippen LogP contribution in [0.15, 0.2) is 24.0 Å². The third-order valence-corrected chi connectivity index (χ3v) is 8.72. The van der Waals surface area contributed by atoms with E-state index in [9.17, 15) is 14.7 Å². The number of hydrogen-bond acceptors (Lipinski definition) is 6. The molecule has 0 spiro atoms. The molecule has 3 rings (SSSR count). The first kappa shape index (κ1) is 27.1. The fourth-order valence-corrected chi connectivity index (χ4v) is 6.90. The molecule has 0 aromatic carbocycles. The summed E-state index contributed by atoms with van der Waals surface area (Å²) in [7, 11) is 0. The standard InChI is InChI=1S/C22H33NO3S2.C3H6O/c1-21(2)11-17(25)19-13(5-7-16(21)18(26)12-28-20(23)27)4-6-14-10-15(24)8-9-22(14,19)3;1-3(2)4/h10,13,16-17,19,25H,4-9,11-12H2,1-3H3,(H2,23,27);4H,1H2,2H3/t13?,16?,17-,19?,22?;/m0./s1. The van der Waals surface area contributed by atoms with Crippen molar-refractivity contribution in [1.82, 2.24) is 0 Å². The number of carbonyl (C=O) groups excluding carboxylic acids is 2. The molecular weight excluding hydrogens is 442 g/mol. The Labute approximate surface area is 202 Å². The summed E-state index contributed by atoms with van der Waals surface area (Å²) in [4.78, 5) is 24.9. The predicted molar refractivity (Wildman–Crippen MR) is 135 cm³/mol. The Morgan fingerprint density at radius 1 is 1.28 bits per heavy atom. The van der Waals surface area contributed by atoms with Gasteiger partial charge in [-0.3, -0.25) is 9.59 Å². The Hall–Kier alpha value is -1.18. The molecule has 5 atom stereocenters. The molecule has 2 fully saturated rings. The second-order valence-electron chi connectivity index (χ2n) is 10.6. The molecule has 3 aliphatic rings. The number of nitrogens with two attached hydrogens (primary N) is 1. The molecule has 0 amide bonds. The number of aliphatic hydroxyl groups is 2. The van der Waals surface area contributed by atoms with Crippen molar-refractivity contribution in [2.75, 3.05) is 5.75 Å². The van der Waals surface area contributed by atoms with Crippen LogP contribution < -0.4 is 5.73 Å². The van der Waals surface area contributed by atoms with Gasteiger partial charge in [0.2, 0.25) is 0 Å². The van der Waals surface area contributed by atoms with E-state index in [2.05, 4.69) is 27.4 Å². The molecule has 5 nitrogen and oxygen atoms in total. The molecule has 4 N–H and O–H groups in total. The Balaban J connectivity index is 0.000000837. The molecule has 2 saturated carbocycles. The van der Waals surface area contributed by atoms with Crippen LogP contribution in [0.1, 0.15) is 72.6 Å². The first-order valence-corrected chi connectivity index (χ1v) is 12.9. The Bertz CT molecular complexity index is 787. The van der Waals surface area contributed by atoms with E-state index in [1.165, 1.54) is 24.3 Å². The molecule has 7 heteroatoms. The molecule has 32 heavy (non-hydrogen) atoms. The van der Waals surface area contributed by atoms with E-state index in [-0.39, 0.29) is 40.0 Å². The van der Waals surface area contributed by atoms with Gasteiger partial charge in [-0.1, -0.05) is 56.9 Å². The Morgan fingerprint density at radius 2 is 1.91 bits per heavy atom. The van der Waals surface area contributed by atoms with Crippen molar-refractivity contribution in [2.45, 2.75) is 78.7 Å². The lowest BCUT2D eigenvalue weighted by atomic mass is 9.51. The quantitative estimate of drug-likeness (QED) is 0.380. The van der Waals surface area contributed by atoms with E-state index < -0.39 is 6.10 Å². The van der Waals surface area contributed by atoms with Crippen molar-refractivity contribution in [2.24, 2.45) is 34.3 Å². The van der Waals surface area contributed by atoms with Gasteiger partial charge in [-0.15, -0.1) is 0 Å². The number of fused-ring (bicyclic) bond motifs is 3. The predicted octanol–water partition coefficient (Wildman–Crippen LogP) is 5.12. The van der Waals surface area contributed by atoms with Crippen molar-refractivity contribution in [3.05, 3.63) is 24.0 Å². The van der Waals surface area contributed by atoms with Crippen LogP contribution in [0.3, 0.4) is 0 Å².